The Morgan fingerprint density at radius 2 is 1.89 bits per heavy atom. The molecular weight excluding hydrogens is 222 g/mol. The lowest BCUT2D eigenvalue weighted by atomic mass is 9.68. The molecule has 1 aromatic heterocycles. The molecule has 0 aliphatic heterocycles. The molecule has 0 spiro atoms. The van der Waals surface area contributed by atoms with E-state index in [4.69, 9.17) is 0 Å². The minimum atomic E-state index is 0.348. The molecule has 18 heavy (non-hydrogen) atoms. The fourth-order valence-corrected chi connectivity index (χ4v) is 4.26. The van der Waals surface area contributed by atoms with Crippen molar-refractivity contribution in [3.63, 3.8) is 0 Å². The molecule has 2 bridgehead atoms. The molecule has 2 saturated carbocycles. The van der Waals surface area contributed by atoms with E-state index in [1.807, 2.05) is 19.3 Å². The Hall–Kier alpha value is -1.12. The van der Waals surface area contributed by atoms with E-state index in [-0.39, 0.29) is 0 Å². The van der Waals surface area contributed by atoms with Crippen LogP contribution in [0.1, 0.15) is 45.6 Å². The number of aryl methyl sites for hydroxylation is 1. The number of aromatic nitrogens is 2. The maximum Gasteiger partial charge on any atom is 0.222 e. The third kappa shape index (κ3) is 1.63. The number of fused-ring (bicyclic) bond motifs is 2. The number of nitrogens with zero attached hydrogens (tertiary/aromatic N) is 2. The summed E-state index contributed by atoms with van der Waals surface area (Å²) in [6, 6.07) is 0.492. The van der Waals surface area contributed by atoms with Crippen LogP contribution in [0, 0.1) is 23.7 Å². The summed E-state index contributed by atoms with van der Waals surface area (Å²) < 4.78 is 0. The molecule has 1 heterocycles. The lowest BCUT2D eigenvalue weighted by Crippen LogP contribution is -2.46. The monoisotopic (exact) mass is 245 g/mol. The Morgan fingerprint density at radius 3 is 2.44 bits per heavy atom. The first kappa shape index (κ1) is 11.9. The first-order chi connectivity index (χ1) is 8.42. The number of nitrogens with one attached hydrogen (secondary N) is 1. The van der Waals surface area contributed by atoms with Gasteiger partial charge >= 0.3 is 0 Å². The Kier molecular flexibility index (Phi) is 2.45. The summed E-state index contributed by atoms with van der Waals surface area (Å²) in [6.07, 6.45) is 7.85. The Labute approximate surface area is 109 Å². The maximum absolute atomic E-state index is 4.40. The lowest BCUT2D eigenvalue weighted by molar-refractivity contribution is 0.155. The van der Waals surface area contributed by atoms with Gasteiger partial charge in [0.05, 0.1) is 0 Å². The van der Waals surface area contributed by atoms with Crippen LogP contribution in [0.5, 0.6) is 0 Å². The van der Waals surface area contributed by atoms with Crippen molar-refractivity contribution in [3.05, 3.63) is 18.0 Å². The van der Waals surface area contributed by atoms with Crippen molar-refractivity contribution in [2.75, 3.05) is 5.32 Å². The highest BCUT2D eigenvalue weighted by Crippen LogP contribution is 2.62. The first-order valence-corrected chi connectivity index (χ1v) is 6.97. The maximum atomic E-state index is 4.40. The van der Waals surface area contributed by atoms with Crippen LogP contribution in [0.4, 0.5) is 5.95 Å². The second-order valence-corrected chi connectivity index (χ2v) is 7.08. The van der Waals surface area contributed by atoms with Gasteiger partial charge in [0.15, 0.2) is 0 Å². The van der Waals surface area contributed by atoms with E-state index >= 15 is 0 Å². The average Bonchev–Trinajstić information content (AvgIpc) is 2.78. The Balaban J connectivity index is 1.86. The predicted molar refractivity (Wildman–Crippen MR) is 73.4 cm³/mol. The molecule has 0 aromatic carbocycles. The third-order valence-corrected chi connectivity index (χ3v) is 5.32. The minimum absolute atomic E-state index is 0.348. The minimum Gasteiger partial charge on any atom is -0.350 e. The van der Waals surface area contributed by atoms with Crippen LogP contribution in [-0.2, 0) is 0 Å². The van der Waals surface area contributed by atoms with Crippen molar-refractivity contribution in [2.24, 2.45) is 16.7 Å². The zero-order valence-electron chi connectivity index (χ0n) is 11.8. The number of hydrogen-bond donors (Lipinski definition) is 1. The van der Waals surface area contributed by atoms with Crippen molar-refractivity contribution in [1.29, 1.82) is 0 Å². The SMILES string of the molecule is Cc1cnc(NC2C3(C)CCC(C3)C2(C)C)nc1. The molecule has 3 rings (SSSR count). The molecule has 3 heteroatoms. The molecular formula is C15H23N3. The van der Waals surface area contributed by atoms with Crippen molar-refractivity contribution in [1.82, 2.24) is 9.97 Å². The summed E-state index contributed by atoms with van der Waals surface area (Å²) in [6.45, 7) is 9.24. The summed E-state index contributed by atoms with van der Waals surface area (Å²) in [5, 5.41) is 3.61. The van der Waals surface area contributed by atoms with E-state index in [9.17, 15) is 0 Å². The largest absolute Gasteiger partial charge is 0.350 e. The molecule has 3 nitrogen and oxygen atoms in total. The highest BCUT2D eigenvalue weighted by atomic mass is 15.1. The van der Waals surface area contributed by atoms with Crippen LogP contribution in [0.3, 0.4) is 0 Å². The quantitative estimate of drug-likeness (QED) is 0.867. The molecule has 0 saturated heterocycles. The van der Waals surface area contributed by atoms with Gasteiger partial charge in [-0.15, -0.1) is 0 Å². The smallest absolute Gasteiger partial charge is 0.222 e. The van der Waals surface area contributed by atoms with Gasteiger partial charge in [0.2, 0.25) is 5.95 Å². The van der Waals surface area contributed by atoms with Crippen LogP contribution < -0.4 is 5.32 Å². The van der Waals surface area contributed by atoms with E-state index in [0.29, 0.717) is 16.9 Å². The second kappa shape index (κ2) is 3.69. The zero-order valence-corrected chi connectivity index (χ0v) is 11.8. The topological polar surface area (TPSA) is 37.8 Å². The van der Waals surface area contributed by atoms with Gasteiger partial charge in [-0.25, -0.2) is 9.97 Å². The molecule has 3 atom stereocenters. The van der Waals surface area contributed by atoms with Gasteiger partial charge in [-0.05, 0) is 48.5 Å². The molecule has 1 N–H and O–H groups in total. The first-order valence-electron chi connectivity index (χ1n) is 6.97. The fourth-order valence-electron chi connectivity index (χ4n) is 4.26. The highest BCUT2D eigenvalue weighted by molar-refractivity contribution is 5.31. The van der Waals surface area contributed by atoms with Crippen LogP contribution >= 0.6 is 0 Å². The van der Waals surface area contributed by atoms with Gasteiger partial charge in [-0.2, -0.15) is 0 Å². The predicted octanol–water partition coefficient (Wildman–Crippen LogP) is 3.41. The van der Waals surface area contributed by atoms with Gasteiger partial charge in [-0.3, -0.25) is 0 Å². The van der Waals surface area contributed by atoms with Crippen molar-refractivity contribution in [2.45, 2.75) is 53.0 Å². The molecule has 98 valence electrons. The lowest BCUT2D eigenvalue weighted by Gasteiger charge is -2.43. The van der Waals surface area contributed by atoms with E-state index in [1.54, 1.807) is 0 Å². The molecule has 1 aromatic rings. The zero-order chi connectivity index (χ0) is 13.0. The molecule has 2 aliphatic rings. The van der Waals surface area contributed by atoms with Crippen LogP contribution in [-0.4, -0.2) is 16.0 Å². The average molecular weight is 245 g/mol. The van der Waals surface area contributed by atoms with Gasteiger partial charge < -0.3 is 5.32 Å². The van der Waals surface area contributed by atoms with E-state index < -0.39 is 0 Å². The summed E-state index contributed by atoms with van der Waals surface area (Å²) in [7, 11) is 0. The molecule has 3 unspecified atom stereocenters. The van der Waals surface area contributed by atoms with Crippen molar-refractivity contribution in [3.8, 4) is 0 Å². The molecule has 0 amide bonds. The standard InChI is InChI=1S/C15H23N3/c1-10-8-16-13(17-9-10)18-12-14(2,3)11-5-6-15(12,4)7-11/h8-9,11-12H,5-7H2,1-4H3,(H,16,17,18). The molecule has 2 fully saturated rings. The van der Waals surface area contributed by atoms with Crippen molar-refractivity contribution >= 4 is 5.95 Å². The van der Waals surface area contributed by atoms with E-state index in [0.717, 1.165) is 17.4 Å². The second-order valence-electron chi connectivity index (χ2n) is 7.08. The summed E-state index contributed by atoms with van der Waals surface area (Å²) in [5.41, 5.74) is 1.88. The number of hydrogen-bond acceptors (Lipinski definition) is 3. The normalized spacial score (nSPS) is 36.9. The number of rotatable bonds is 2. The van der Waals surface area contributed by atoms with Crippen molar-refractivity contribution < 1.29 is 0 Å². The highest BCUT2D eigenvalue weighted by Gasteiger charge is 2.59. The number of anilines is 1. The van der Waals surface area contributed by atoms with Gasteiger partial charge in [0.25, 0.3) is 0 Å². The van der Waals surface area contributed by atoms with Crippen LogP contribution in [0.15, 0.2) is 12.4 Å². The van der Waals surface area contributed by atoms with E-state index in [1.165, 1.54) is 19.3 Å². The van der Waals surface area contributed by atoms with Crippen LogP contribution in [0.25, 0.3) is 0 Å². The molecule has 0 radical (unpaired) electrons. The van der Waals surface area contributed by atoms with Crippen LogP contribution in [0.2, 0.25) is 0 Å². The van der Waals surface area contributed by atoms with Gasteiger partial charge in [0, 0.05) is 18.4 Å². The molecule has 2 aliphatic carbocycles. The van der Waals surface area contributed by atoms with Gasteiger partial charge in [0.1, 0.15) is 0 Å². The summed E-state index contributed by atoms with van der Waals surface area (Å²) in [4.78, 5) is 8.80. The summed E-state index contributed by atoms with van der Waals surface area (Å²) >= 11 is 0. The van der Waals surface area contributed by atoms with Gasteiger partial charge in [-0.1, -0.05) is 20.8 Å². The summed E-state index contributed by atoms with van der Waals surface area (Å²) in [5.74, 6) is 1.64. The third-order valence-electron chi connectivity index (χ3n) is 5.32. The fraction of sp³-hybridized carbons (Fsp3) is 0.733. The Morgan fingerprint density at radius 1 is 1.22 bits per heavy atom. The Bertz CT molecular complexity index is 447. The van der Waals surface area contributed by atoms with E-state index in [2.05, 4.69) is 36.1 Å².